The molecule has 0 aromatic heterocycles. The molecule has 0 unspecified atom stereocenters. The Morgan fingerprint density at radius 1 is 1.45 bits per heavy atom. The summed E-state index contributed by atoms with van der Waals surface area (Å²) in [5, 5.41) is 3.10. The lowest BCUT2D eigenvalue weighted by molar-refractivity contribution is 0.982. The molecule has 0 saturated heterocycles. The minimum Gasteiger partial charge on any atom is -0.311 e. The van der Waals surface area contributed by atoms with Crippen molar-refractivity contribution >= 4 is 11.8 Å². The fraction of sp³-hybridized carbons (Fsp3) is 0.333. The Bertz CT molecular complexity index is 223. The van der Waals surface area contributed by atoms with Crippen LogP contribution in [0, 0.1) is 6.92 Å². The number of thioether (sulfide) groups is 1. The van der Waals surface area contributed by atoms with Crippen LogP contribution in [0.1, 0.15) is 5.56 Å². The molecule has 1 aromatic rings. The van der Waals surface area contributed by atoms with E-state index in [2.05, 4.69) is 36.5 Å². The minimum atomic E-state index is 0.976. The van der Waals surface area contributed by atoms with Gasteiger partial charge in [0.2, 0.25) is 0 Å². The first kappa shape index (κ1) is 8.62. The predicted octanol–water partition coefficient (Wildman–Crippen LogP) is 2.26. The van der Waals surface area contributed by atoms with Crippen molar-refractivity contribution in [2.75, 3.05) is 12.9 Å². The van der Waals surface area contributed by atoms with Gasteiger partial charge in [0, 0.05) is 10.8 Å². The molecule has 60 valence electrons. The Morgan fingerprint density at radius 2 is 2.27 bits per heavy atom. The van der Waals surface area contributed by atoms with Gasteiger partial charge in [-0.3, -0.25) is 0 Å². The van der Waals surface area contributed by atoms with Crippen LogP contribution in [0.4, 0.5) is 0 Å². The first-order chi connectivity index (χ1) is 5.33. The van der Waals surface area contributed by atoms with Crippen molar-refractivity contribution in [2.45, 2.75) is 11.8 Å². The Hall–Kier alpha value is -0.470. The predicted molar refractivity (Wildman–Crippen MR) is 51.0 cm³/mol. The fourth-order valence-electron chi connectivity index (χ4n) is 0.861. The van der Waals surface area contributed by atoms with Gasteiger partial charge in [-0.2, -0.15) is 0 Å². The molecule has 1 N–H and O–H groups in total. The summed E-state index contributed by atoms with van der Waals surface area (Å²) < 4.78 is 0. The molecular weight excluding hydrogens is 154 g/mol. The number of aryl methyl sites for hydroxylation is 1. The number of nitrogens with one attached hydrogen (secondary N) is 1. The van der Waals surface area contributed by atoms with E-state index in [0.717, 1.165) is 5.88 Å². The molecule has 0 aliphatic heterocycles. The molecular formula is C9H13NS. The van der Waals surface area contributed by atoms with Crippen LogP contribution in [-0.4, -0.2) is 12.9 Å². The first-order valence-electron chi connectivity index (χ1n) is 3.67. The molecule has 11 heavy (non-hydrogen) atoms. The van der Waals surface area contributed by atoms with E-state index < -0.39 is 0 Å². The van der Waals surface area contributed by atoms with Gasteiger partial charge in [0.1, 0.15) is 0 Å². The van der Waals surface area contributed by atoms with E-state index in [1.54, 1.807) is 0 Å². The normalized spacial score (nSPS) is 10.0. The van der Waals surface area contributed by atoms with Crippen LogP contribution in [-0.2, 0) is 0 Å². The third-order valence-corrected chi connectivity index (χ3v) is 2.39. The number of rotatable bonds is 3. The van der Waals surface area contributed by atoms with Gasteiger partial charge in [0.25, 0.3) is 0 Å². The minimum absolute atomic E-state index is 0.976. The molecule has 0 aliphatic rings. The van der Waals surface area contributed by atoms with E-state index in [-0.39, 0.29) is 0 Å². The van der Waals surface area contributed by atoms with Crippen LogP contribution >= 0.6 is 11.8 Å². The number of hydrogen-bond donors (Lipinski definition) is 1. The Morgan fingerprint density at radius 3 is 2.91 bits per heavy atom. The molecule has 0 radical (unpaired) electrons. The summed E-state index contributed by atoms with van der Waals surface area (Å²) in [5.74, 6) is 0.976. The zero-order chi connectivity index (χ0) is 8.10. The van der Waals surface area contributed by atoms with Crippen LogP contribution in [0.3, 0.4) is 0 Å². The smallest absolute Gasteiger partial charge is 0.0463 e. The SMILES string of the molecule is CNCSc1cccc(C)c1. The fourth-order valence-corrected chi connectivity index (χ4v) is 1.62. The van der Waals surface area contributed by atoms with Crippen molar-refractivity contribution in [1.82, 2.24) is 5.32 Å². The van der Waals surface area contributed by atoms with E-state index >= 15 is 0 Å². The number of benzene rings is 1. The Kier molecular flexibility index (Phi) is 3.46. The van der Waals surface area contributed by atoms with Gasteiger partial charge >= 0.3 is 0 Å². The zero-order valence-electron chi connectivity index (χ0n) is 6.92. The van der Waals surface area contributed by atoms with E-state index in [9.17, 15) is 0 Å². The monoisotopic (exact) mass is 167 g/mol. The largest absolute Gasteiger partial charge is 0.311 e. The van der Waals surface area contributed by atoms with Crippen molar-refractivity contribution in [3.63, 3.8) is 0 Å². The van der Waals surface area contributed by atoms with Crippen molar-refractivity contribution in [3.8, 4) is 0 Å². The van der Waals surface area contributed by atoms with Gasteiger partial charge in [-0.15, -0.1) is 11.8 Å². The van der Waals surface area contributed by atoms with Crippen LogP contribution in [0.25, 0.3) is 0 Å². The first-order valence-corrected chi connectivity index (χ1v) is 4.65. The average Bonchev–Trinajstić information content (AvgIpc) is 2.01. The zero-order valence-corrected chi connectivity index (χ0v) is 7.74. The third kappa shape index (κ3) is 2.95. The number of hydrogen-bond acceptors (Lipinski definition) is 2. The molecule has 1 rings (SSSR count). The lowest BCUT2D eigenvalue weighted by atomic mass is 10.2. The average molecular weight is 167 g/mol. The maximum absolute atomic E-state index is 3.10. The van der Waals surface area contributed by atoms with Crippen molar-refractivity contribution in [1.29, 1.82) is 0 Å². The molecule has 2 heteroatoms. The van der Waals surface area contributed by atoms with Crippen molar-refractivity contribution < 1.29 is 0 Å². The summed E-state index contributed by atoms with van der Waals surface area (Å²) in [5.41, 5.74) is 1.33. The molecule has 0 amide bonds. The topological polar surface area (TPSA) is 12.0 Å². The molecule has 0 spiro atoms. The Labute approximate surface area is 72.2 Å². The Balaban J connectivity index is 2.56. The van der Waals surface area contributed by atoms with E-state index in [1.807, 2.05) is 18.8 Å². The second-order valence-electron chi connectivity index (χ2n) is 2.46. The second kappa shape index (κ2) is 4.42. The molecule has 0 saturated carbocycles. The maximum atomic E-state index is 3.10. The van der Waals surface area contributed by atoms with E-state index in [0.29, 0.717) is 0 Å². The highest BCUT2D eigenvalue weighted by atomic mass is 32.2. The molecule has 0 atom stereocenters. The molecule has 1 aromatic carbocycles. The van der Waals surface area contributed by atoms with E-state index in [1.165, 1.54) is 10.5 Å². The highest BCUT2D eigenvalue weighted by Gasteiger charge is 1.90. The summed E-state index contributed by atoms with van der Waals surface area (Å²) in [6.45, 7) is 2.11. The highest BCUT2D eigenvalue weighted by molar-refractivity contribution is 7.99. The lowest BCUT2D eigenvalue weighted by Gasteiger charge is -2.00. The molecule has 0 heterocycles. The summed E-state index contributed by atoms with van der Waals surface area (Å²) in [6.07, 6.45) is 0. The summed E-state index contributed by atoms with van der Waals surface area (Å²) >= 11 is 1.82. The van der Waals surface area contributed by atoms with Gasteiger partial charge < -0.3 is 5.32 Å². The standard InChI is InChI=1S/C9H13NS/c1-8-4-3-5-9(6-8)11-7-10-2/h3-6,10H,7H2,1-2H3. The van der Waals surface area contributed by atoms with Gasteiger partial charge in [-0.1, -0.05) is 17.7 Å². The van der Waals surface area contributed by atoms with Crippen LogP contribution in [0.15, 0.2) is 29.2 Å². The highest BCUT2D eigenvalue weighted by Crippen LogP contribution is 2.16. The second-order valence-corrected chi connectivity index (χ2v) is 3.51. The quantitative estimate of drug-likeness (QED) is 0.547. The van der Waals surface area contributed by atoms with Gasteiger partial charge in [0.15, 0.2) is 0 Å². The maximum Gasteiger partial charge on any atom is 0.0463 e. The molecule has 0 fully saturated rings. The van der Waals surface area contributed by atoms with Crippen molar-refractivity contribution in [3.05, 3.63) is 29.8 Å². The summed E-state index contributed by atoms with van der Waals surface area (Å²) in [4.78, 5) is 1.33. The third-order valence-electron chi connectivity index (χ3n) is 1.37. The van der Waals surface area contributed by atoms with Crippen LogP contribution in [0.2, 0.25) is 0 Å². The summed E-state index contributed by atoms with van der Waals surface area (Å²) in [6, 6.07) is 8.54. The van der Waals surface area contributed by atoms with Gasteiger partial charge in [0.05, 0.1) is 0 Å². The van der Waals surface area contributed by atoms with Gasteiger partial charge in [-0.05, 0) is 26.1 Å². The van der Waals surface area contributed by atoms with Crippen molar-refractivity contribution in [2.24, 2.45) is 0 Å². The molecule has 0 aliphatic carbocycles. The van der Waals surface area contributed by atoms with E-state index in [4.69, 9.17) is 0 Å². The molecule has 0 bridgehead atoms. The van der Waals surface area contributed by atoms with Crippen LogP contribution in [0.5, 0.6) is 0 Å². The lowest BCUT2D eigenvalue weighted by Crippen LogP contribution is -2.02. The summed E-state index contributed by atoms with van der Waals surface area (Å²) in [7, 11) is 1.96. The van der Waals surface area contributed by atoms with Crippen LogP contribution < -0.4 is 5.32 Å². The van der Waals surface area contributed by atoms with Gasteiger partial charge in [-0.25, -0.2) is 0 Å². The molecule has 1 nitrogen and oxygen atoms in total.